The van der Waals surface area contributed by atoms with Gasteiger partial charge in [0, 0.05) is 43.5 Å². The lowest BCUT2D eigenvalue weighted by Crippen LogP contribution is -2.29. The van der Waals surface area contributed by atoms with Gasteiger partial charge in [-0.15, -0.1) is 0 Å². The van der Waals surface area contributed by atoms with Crippen molar-refractivity contribution in [3.63, 3.8) is 0 Å². The Kier molecular flexibility index (Phi) is 6.67. The fourth-order valence-corrected chi connectivity index (χ4v) is 3.39. The Morgan fingerprint density at radius 3 is 2.38 bits per heavy atom. The molecule has 1 aliphatic heterocycles. The lowest BCUT2D eigenvalue weighted by atomic mass is 10.1. The van der Waals surface area contributed by atoms with Gasteiger partial charge in [0.15, 0.2) is 0 Å². The van der Waals surface area contributed by atoms with E-state index in [0.717, 1.165) is 18.8 Å². The molecule has 1 aliphatic rings. The van der Waals surface area contributed by atoms with Crippen molar-refractivity contribution in [1.82, 2.24) is 5.32 Å². The summed E-state index contributed by atoms with van der Waals surface area (Å²) in [5, 5.41) is 6.39. The lowest BCUT2D eigenvalue weighted by Gasteiger charge is -2.28. The number of amides is 1. The molecule has 0 radical (unpaired) electrons. The van der Waals surface area contributed by atoms with Crippen LogP contribution in [0.15, 0.2) is 54.6 Å². The minimum absolute atomic E-state index is 0.0449. The van der Waals surface area contributed by atoms with E-state index in [9.17, 15) is 4.79 Å². The van der Waals surface area contributed by atoms with Crippen LogP contribution in [0.3, 0.4) is 0 Å². The zero-order valence-corrected chi connectivity index (χ0v) is 15.6. The molecular formula is C22H29N3O. The normalized spacial score (nSPS) is 15.5. The molecule has 2 aromatic rings. The quantitative estimate of drug-likeness (QED) is 0.779. The van der Waals surface area contributed by atoms with Crippen LogP contribution in [0, 0.1) is 0 Å². The second kappa shape index (κ2) is 9.39. The Morgan fingerprint density at radius 1 is 1.00 bits per heavy atom. The molecule has 1 heterocycles. The Bertz CT molecular complexity index is 678. The van der Waals surface area contributed by atoms with Gasteiger partial charge in [0.2, 0.25) is 5.91 Å². The summed E-state index contributed by atoms with van der Waals surface area (Å²) in [5.41, 5.74) is 3.36. The predicted octanol–water partition coefficient (Wildman–Crippen LogP) is 4.36. The van der Waals surface area contributed by atoms with Crippen LogP contribution in [0.25, 0.3) is 0 Å². The molecule has 26 heavy (non-hydrogen) atoms. The third-order valence-electron chi connectivity index (χ3n) is 4.97. The van der Waals surface area contributed by atoms with Gasteiger partial charge in [-0.1, -0.05) is 30.3 Å². The number of hydrogen-bond donors (Lipinski definition) is 2. The first-order valence-electron chi connectivity index (χ1n) is 9.65. The van der Waals surface area contributed by atoms with Gasteiger partial charge in [0.1, 0.15) is 0 Å². The molecule has 1 saturated heterocycles. The van der Waals surface area contributed by atoms with E-state index < -0.39 is 0 Å². The highest BCUT2D eigenvalue weighted by Crippen LogP contribution is 2.21. The Morgan fingerprint density at radius 2 is 1.69 bits per heavy atom. The minimum Gasteiger partial charge on any atom is -0.372 e. The van der Waals surface area contributed by atoms with Gasteiger partial charge in [-0.2, -0.15) is 0 Å². The van der Waals surface area contributed by atoms with Crippen molar-refractivity contribution >= 4 is 17.3 Å². The number of nitrogens with one attached hydrogen (secondary N) is 2. The molecule has 0 bridgehead atoms. The molecule has 2 N–H and O–H groups in total. The van der Waals surface area contributed by atoms with E-state index in [4.69, 9.17) is 0 Å². The van der Waals surface area contributed by atoms with Gasteiger partial charge in [-0.05, 0) is 56.0 Å². The summed E-state index contributed by atoms with van der Waals surface area (Å²) in [6.07, 6.45) is 4.34. The fraction of sp³-hybridized carbons (Fsp3) is 0.409. The van der Waals surface area contributed by atoms with Gasteiger partial charge >= 0.3 is 0 Å². The van der Waals surface area contributed by atoms with E-state index in [1.54, 1.807) is 0 Å². The summed E-state index contributed by atoms with van der Waals surface area (Å²) in [7, 11) is 0. The van der Waals surface area contributed by atoms with Crippen LogP contribution in [-0.2, 0) is 4.79 Å². The fourth-order valence-electron chi connectivity index (χ4n) is 3.39. The van der Waals surface area contributed by atoms with Crippen LogP contribution in [0.5, 0.6) is 0 Å². The number of piperidine rings is 1. The van der Waals surface area contributed by atoms with Crippen LogP contribution in [-0.4, -0.2) is 25.5 Å². The average molecular weight is 351 g/mol. The number of rotatable bonds is 7. The summed E-state index contributed by atoms with van der Waals surface area (Å²) < 4.78 is 0. The summed E-state index contributed by atoms with van der Waals surface area (Å²) >= 11 is 0. The smallest absolute Gasteiger partial charge is 0.225 e. The highest BCUT2D eigenvalue weighted by Gasteiger charge is 2.11. The van der Waals surface area contributed by atoms with Crippen LogP contribution < -0.4 is 15.5 Å². The van der Waals surface area contributed by atoms with Crippen molar-refractivity contribution < 1.29 is 4.79 Å². The highest BCUT2D eigenvalue weighted by atomic mass is 16.1. The van der Waals surface area contributed by atoms with Gasteiger partial charge in [0.05, 0.1) is 0 Å². The van der Waals surface area contributed by atoms with Gasteiger partial charge in [-0.25, -0.2) is 0 Å². The number of hydrogen-bond acceptors (Lipinski definition) is 3. The zero-order chi connectivity index (χ0) is 18.2. The van der Waals surface area contributed by atoms with E-state index >= 15 is 0 Å². The summed E-state index contributed by atoms with van der Waals surface area (Å²) in [4.78, 5) is 14.6. The predicted molar refractivity (Wildman–Crippen MR) is 109 cm³/mol. The topological polar surface area (TPSA) is 44.4 Å². The number of nitrogens with zero attached hydrogens (tertiary/aromatic N) is 1. The molecule has 1 atom stereocenters. The molecule has 1 amide bonds. The minimum atomic E-state index is 0.0449. The number of anilines is 2. The Hall–Kier alpha value is -2.33. The lowest BCUT2D eigenvalue weighted by molar-refractivity contribution is -0.116. The molecule has 1 unspecified atom stereocenters. The molecule has 0 aromatic heterocycles. The monoisotopic (exact) mass is 351 g/mol. The zero-order valence-electron chi connectivity index (χ0n) is 15.6. The van der Waals surface area contributed by atoms with Crippen molar-refractivity contribution in [1.29, 1.82) is 0 Å². The van der Waals surface area contributed by atoms with Crippen molar-refractivity contribution in [2.75, 3.05) is 29.9 Å². The molecule has 2 aromatic carbocycles. The molecule has 0 saturated carbocycles. The molecule has 4 nitrogen and oxygen atoms in total. The van der Waals surface area contributed by atoms with E-state index in [-0.39, 0.29) is 11.9 Å². The molecule has 0 spiro atoms. The summed E-state index contributed by atoms with van der Waals surface area (Å²) in [6.45, 7) is 5.05. The highest BCUT2D eigenvalue weighted by molar-refractivity contribution is 5.91. The maximum Gasteiger partial charge on any atom is 0.225 e. The Balaban J connectivity index is 1.41. The first kappa shape index (κ1) is 18.5. The molecule has 4 heteroatoms. The number of carbonyl (C=O) groups is 1. The molecule has 3 rings (SSSR count). The largest absolute Gasteiger partial charge is 0.372 e. The molecule has 138 valence electrons. The maximum atomic E-state index is 12.2. The molecule has 1 fully saturated rings. The first-order valence-corrected chi connectivity index (χ1v) is 9.65. The van der Waals surface area contributed by atoms with E-state index in [2.05, 4.69) is 46.7 Å². The van der Waals surface area contributed by atoms with E-state index in [0.29, 0.717) is 13.0 Å². The van der Waals surface area contributed by atoms with Crippen LogP contribution in [0.1, 0.15) is 44.2 Å². The second-order valence-corrected chi connectivity index (χ2v) is 6.98. The van der Waals surface area contributed by atoms with E-state index in [1.165, 1.54) is 30.5 Å². The second-order valence-electron chi connectivity index (χ2n) is 6.98. The van der Waals surface area contributed by atoms with Gasteiger partial charge in [-0.3, -0.25) is 4.79 Å². The molecule has 0 aliphatic carbocycles. The summed E-state index contributed by atoms with van der Waals surface area (Å²) in [6, 6.07) is 18.7. The van der Waals surface area contributed by atoms with Crippen LogP contribution in [0.4, 0.5) is 11.4 Å². The number of carbonyl (C=O) groups excluding carboxylic acids is 1. The molecular weight excluding hydrogens is 322 g/mol. The van der Waals surface area contributed by atoms with Crippen molar-refractivity contribution in [2.45, 2.75) is 38.6 Å². The summed E-state index contributed by atoms with van der Waals surface area (Å²) in [5.74, 6) is 0.0449. The van der Waals surface area contributed by atoms with Crippen molar-refractivity contribution in [3.05, 3.63) is 60.2 Å². The SMILES string of the molecule is CC(NCCC(=O)Nc1ccc(N2CCCCC2)cc1)c1ccccc1. The number of benzene rings is 2. The van der Waals surface area contributed by atoms with Crippen molar-refractivity contribution in [3.8, 4) is 0 Å². The van der Waals surface area contributed by atoms with Gasteiger partial charge in [0.25, 0.3) is 0 Å². The maximum absolute atomic E-state index is 12.2. The third kappa shape index (κ3) is 5.33. The van der Waals surface area contributed by atoms with Crippen LogP contribution in [0.2, 0.25) is 0 Å². The average Bonchev–Trinajstić information content (AvgIpc) is 2.70. The Labute approximate surface area is 156 Å². The first-order chi connectivity index (χ1) is 12.7. The van der Waals surface area contributed by atoms with E-state index in [1.807, 2.05) is 30.3 Å². The standard InChI is InChI=1S/C22H29N3O/c1-18(19-8-4-2-5-9-19)23-15-14-22(26)24-20-10-12-21(13-11-20)25-16-6-3-7-17-25/h2,4-5,8-13,18,23H,3,6-7,14-17H2,1H3,(H,24,26). The third-order valence-corrected chi connectivity index (χ3v) is 4.97. The van der Waals surface area contributed by atoms with Gasteiger partial charge < -0.3 is 15.5 Å². The van der Waals surface area contributed by atoms with Crippen LogP contribution >= 0.6 is 0 Å². The van der Waals surface area contributed by atoms with Crippen molar-refractivity contribution in [2.24, 2.45) is 0 Å².